The monoisotopic (exact) mass is 279 g/mol. The minimum absolute atomic E-state index is 0.179. The van der Waals surface area contributed by atoms with Crippen LogP contribution < -0.4 is 0 Å². The summed E-state index contributed by atoms with van der Waals surface area (Å²) in [6.07, 6.45) is 6.70. The Bertz CT molecular complexity index is 625. The maximum atomic E-state index is 11.1. The summed E-state index contributed by atoms with van der Waals surface area (Å²) in [6.45, 7) is 0. The highest BCUT2D eigenvalue weighted by Crippen LogP contribution is 2.35. The third kappa shape index (κ3) is 2.18. The minimum atomic E-state index is -0.700. The first-order chi connectivity index (χ1) is 9.16. The van der Waals surface area contributed by atoms with Crippen molar-refractivity contribution in [1.29, 1.82) is 0 Å². The van der Waals surface area contributed by atoms with Crippen molar-refractivity contribution in [2.75, 3.05) is 0 Å². The van der Waals surface area contributed by atoms with Crippen LogP contribution >= 0.6 is 11.6 Å². The number of aliphatic carboxylic acids is 1. The molecule has 3 rings (SSSR count). The van der Waals surface area contributed by atoms with Gasteiger partial charge in [0, 0.05) is 12.2 Å². The molecule has 2 aromatic rings. The number of aromatic nitrogens is 3. The number of rotatable bonds is 2. The third-order valence-electron chi connectivity index (χ3n) is 3.85. The van der Waals surface area contributed by atoms with E-state index in [-0.39, 0.29) is 12.0 Å². The van der Waals surface area contributed by atoms with Gasteiger partial charge >= 0.3 is 5.97 Å². The normalized spacial score (nSPS) is 23.6. The molecule has 1 fully saturated rings. The van der Waals surface area contributed by atoms with Crippen LogP contribution in [0.4, 0.5) is 0 Å². The molecule has 5 nitrogen and oxygen atoms in total. The largest absolute Gasteiger partial charge is 0.481 e. The van der Waals surface area contributed by atoms with Crippen LogP contribution in [0.25, 0.3) is 11.0 Å². The highest BCUT2D eigenvalue weighted by atomic mass is 35.5. The minimum Gasteiger partial charge on any atom is -0.481 e. The van der Waals surface area contributed by atoms with E-state index in [2.05, 4.69) is 9.97 Å². The Morgan fingerprint density at radius 1 is 1.42 bits per heavy atom. The van der Waals surface area contributed by atoms with Crippen LogP contribution in [0, 0.1) is 5.92 Å². The molecule has 2 heterocycles. The number of carbonyl (C=O) groups is 1. The number of nitrogens with zero attached hydrogens (tertiary/aromatic N) is 3. The molecule has 2 unspecified atom stereocenters. The average molecular weight is 280 g/mol. The number of hydrogen-bond acceptors (Lipinski definition) is 3. The summed E-state index contributed by atoms with van der Waals surface area (Å²) < 4.78 is 2.04. The van der Waals surface area contributed by atoms with E-state index in [1.165, 1.54) is 6.33 Å². The molecule has 1 saturated carbocycles. The molecule has 2 aromatic heterocycles. The van der Waals surface area contributed by atoms with E-state index < -0.39 is 5.97 Å². The highest BCUT2D eigenvalue weighted by molar-refractivity contribution is 6.33. The zero-order valence-corrected chi connectivity index (χ0v) is 11.0. The van der Waals surface area contributed by atoms with E-state index in [0.717, 1.165) is 30.3 Å². The second-order valence-corrected chi connectivity index (χ2v) is 5.34. The lowest BCUT2D eigenvalue weighted by atomic mass is 9.85. The lowest BCUT2D eigenvalue weighted by Crippen LogP contribution is -2.24. The van der Waals surface area contributed by atoms with Crippen molar-refractivity contribution < 1.29 is 9.90 Å². The molecule has 0 aromatic carbocycles. The SMILES string of the molecule is O=C(O)C1CCCC(n2ccc3c(Cl)ncnc32)C1. The predicted molar refractivity (Wildman–Crippen MR) is 71.2 cm³/mol. The van der Waals surface area contributed by atoms with Gasteiger partial charge in [-0.05, 0) is 25.3 Å². The van der Waals surface area contributed by atoms with Crippen LogP contribution in [0.15, 0.2) is 18.6 Å². The van der Waals surface area contributed by atoms with E-state index in [0.29, 0.717) is 11.6 Å². The zero-order valence-electron chi connectivity index (χ0n) is 10.3. The van der Waals surface area contributed by atoms with Gasteiger partial charge in [0.15, 0.2) is 0 Å². The van der Waals surface area contributed by atoms with Crippen LogP contribution in [0.1, 0.15) is 31.7 Å². The van der Waals surface area contributed by atoms with Crippen LogP contribution in [0.3, 0.4) is 0 Å². The number of carboxylic acids is 1. The molecule has 19 heavy (non-hydrogen) atoms. The summed E-state index contributed by atoms with van der Waals surface area (Å²) in [6, 6.07) is 2.07. The van der Waals surface area contributed by atoms with E-state index in [4.69, 9.17) is 16.7 Å². The smallest absolute Gasteiger partial charge is 0.306 e. The van der Waals surface area contributed by atoms with Gasteiger partial charge in [-0.2, -0.15) is 0 Å². The van der Waals surface area contributed by atoms with Gasteiger partial charge in [-0.25, -0.2) is 9.97 Å². The fraction of sp³-hybridized carbons (Fsp3) is 0.462. The topological polar surface area (TPSA) is 68.0 Å². The summed E-state index contributed by atoms with van der Waals surface area (Å²) in [4.78, 5) is 19.4. The molecule has 1 N–H and O–H groups in total. The van der Waals surface area contributed by atoms with Crippen molar-refractivity contribution in [2.24, 2.45) is 5.92 Å². The third-order valence-corrected chi connectivity index (χ3v) is 4.15. The van der Waals surface area contributed by atoms with Crippen LogP contribution in [-0.2, 0) is 4.79 Å². The van der Waals surface area contributed by atoms with E-state index in [9.17, 15) is 4.79 Å². The first kappa shape index (κ1) is 12.4. The summed E-state index contributed by atoms with van der Waals surface area (Å²) in [5.74, 6) is -0.956. The lowest BCUT2D eigenvalue weighted by Gasteiger charge is -2.28. The van der Waals surface area contributed by atoms with Gasteiger partial charge in [0.05, 0.1) is 11.3 Å². The first-order valence-electron chi connectivity index (χ1n) is 6.36. The molecule has 0 radical (unpaired) electrons. The fourth-order valence-corrected chi connectivity index (χ4v) is 3.07. The van der Waals surface area contributed by atoms with Crippen molar-refractivity contribution in [3.8, 4) is 0 Å². The summed E-state index contributed by atoms with van der Waals surface area (Å²) in [5.41, 5.74) is 0.788. The van der Waals surface area contributed by atoms with Crippen molar-refractivity contribution >= 4 is 28.6 Å². The molecular formula is C13H14ClN3O2. The Kier molecular flexibility index (Phi) is 3.14. The Morgan fingerprint density at radius 2 is 2.26 bits per heavy atom. The number of hydrogen-bond donors (Lipinski definition) is 1. The molecule has 6 heteroatoms. The number of carboxylic acid groups (broad SMARTS) is 1. The molecule has 100 valence electrons. The summed E-state index contributed by atoms with van der Waals surface area (Å²) >= 11 is 6.03. The van der Waals surface area contributed by atoms with Gasteiger partial charge in [0.25, 0.3) is 0 Å². The van der Waals surface area contributed by atoms with Gasteiger partial charge in [-0.1, -0.05) is 18.0 Å². The molecule has 2 atom stereocenters. The van der Waals surface area contributed by atoms with Crippen molar-refractivity contribution in [2.45, 2.75) is 31.7 Å². The van der Waals surface area contributed by atoms with E-state index >= 15 is 0 Å². The second kappa shape index (κ2) is 4.81. The molecule has 0 saturated heterocycles. The predicted octanol–water partition coefficient (Wildman–Crippen LogP) is 2.90. The highest BCUT2D eigenvalue weighted by Gasteiger charge is 2.28. The zero-order chi connectivity index (χ0) is 13.4. The van der Waals surface area contributed by atoms with Crippen molar-refractivity contribution in [3.05, 3.63) is 23.7 Å². The van der Waals surface area contributed by atoms with Gasteiger partial charge in [0.2, 0.25) is 0 Å². The van der Waals surface area contributed by atoms with E-state index in [1.807, 2.05) is 16.8 Å². The lowest BCUT2D eigenvalue weighted by molar-refractivity contribution is -0.143. The molecule has 0 amide bonds. The maximum Gasteiger partial charge on any atom is 0.306 e. The van der Waals surface area contributed by atoms with Crippen LogP contribution in [0.2, 0.25) is 5.15 Å². The van der Waals surface area contributed by atoms with Crippen LogP contribution in [0.5, 0.6) is 0 Å². The maximum absolute atomic E-state index is 11.1. The van der Waals surface area contributed by atoms with Crippen LogP contribution in [-0.4, -0.2) is 25.6 Å². The molecule has 0 bridgehead atoms. The number of halogens is 1. The Labute approximate surface area is 115 Å². The van der Waals surface area contributed by atoms with Crippen molar-refractivity contribution in [3.63, 3.8) is 0 Å². The summed E-state index contributed by atoms with van der Waals surface area (Å²) in [5, 5.41) is 10.4. The first-order valence-corrected chi connectivity index (χ1v) is 6.74. The summed E-state index contributed by atoms with van der Waals surface area (Å²) in [7, 11) is 0. The second-order valence-electron chi connectivity index (χ2n) is 4.98. The Balaban J connectivity index is 1.96. The Morgan fingerprint density at radius 3 is 3.05 bits per heavy atom. The molecule has 1 aliphatic rings. The molecular weight excluding hydrogens is 266 g/mol. The standard InChI is InChI=1S/C13H14ClN3O2/c14-11-10-4-5-17(12(10)16-7-15-11)9-3-1-2-8(6-9)13(18)19/h4-5,7-9H,1-3,6H2,(H,18,19). The Hall–Kier alpha value is -1.62. The quantitative estimate of drug-likeness (QED) is 0.858. The fourth-order valence-electron chi connectivity index (χ4n) is 2.88. The van der Waals surface area contributed by atoms with Gasteiger partial charge in [0.1, 0.15) is 17.1 Å². The van der Waals surface area contributed by atoms with E-state index in [1.54, 1.807) is 0 Å². The molecule has 0 spiro atoms. The number of fused-ring (bicyclic) bond motifs is 1. The van der Waals surface area contributed by atoms with Crippen molar-refractivity contribution in [1.82, 2.24) is 14.5 Å². The van der Waals surface area contributed by atoms with Gasteiger partial charge < -0.3 is 9.67 Å². The molecule has 0 aliphatic heterocycles. The molecule has 1 aliphatic carbocycles. The van der Waals surface area contributed by atoms with Gasteiger partial charge in [-0.3, -0.25) is 4.79 Å². The average Bonchev–Trinajstić information content (AvgIpc) is 2.84. The van der Waals surface area contributed by atoms with Gasteiger partial charge in [-0.15, -0.1) is 0 Å².